The summed E-state index contributed by atoms with van der Waals surface area (Å²) in [6.07, 6.45) is 0. The molecule has 1 heterocycles. The van der Waals surface area contributed by atoms with Crippen molar-refractivity contribution in [2.24, 2.45) is 0 Å². The Morgan fingerprint density at radius 3 is 2.87 bits per heavy atom. The van der Waals surface area contributed by atoms with Crippen LogP contribution >= 0.6 is 15.9 Å². The molecule has 1 aromatic carbocycles. The summed E-state index contributed by atoms with van der Waals surface area (Å²) in [4.78, 5) is 13.4. The Balaban J connectivity index is 2.77. The average Bonchev–Trinajstić information content (AvgIpc) is 2.64. The molecule has 0 bridgehead atoms. The summed E-state index contributed by atoms with van der Waals surface area (Å²) in [5.41, 5.74) is 0.726. The Morgan fingerprint density at radius 2 is 2.27 bits per heavy atom. The van der Waals surface area contributed by atoms with Gasteiger partial charge in [0.25, 0.3) is 0 Å². The number of hydrogen-bond acceptors (Lipinski definition) is 3. The van der Waals surface area contributed by atoms with Gasteiger partial charge >= 0.3 is 0 Å². The van der Waals surface area contributed by atoms with Crippen molar-refractivity contribution in [2.75, 3.05) is 7.11 Å². The monoisotopic (exact) mass is 268 g/mol. The number of nitrogens with one attached hydrogen (secondary N) is 1. The molecule has 4 nitrogen and oxygen atoms in total. The standard InChI is InChI=1S/C10H8BrNO3/c1-15-8-3-2-6(11)9-5(8)4-7(12-9)10(13)14/h2-4,12H,1H3,(H,13,14)/p-1. The van der Waals surface area contributed by atoms with Crippen LogP contribution in [0.4, 0.5) is 0 Å². The number of aromatic nitrogens is 1. The van der Waals surface area contributed by atoms with E-state index in [4.69, 9.17) is 4.74 Å². The van der Waals surface area contributed by atoms with Crippen LogP contribution in [0.25, 0.3) is 10.9 Å². The molecule has 0 aliphatic rings. The van der Waals surface area contributed by atoms with Gasteiger partial charge in [0.1, 0.15) is 5.75 Å². The van der Waals surface area contributed by atoms with E-state index in [0.29, 0.717) is 16.7 Å². The van der Waals surface area contributed by atoms with Crippen molar-refractivity contribution in [3.63, 3.8) is 0 Å². The Morgan fingerprint density at radius 1 is 1.53 bits per heavy atom. The van der Waals surface area contributed by atoms with Gasteiger partial charge in [-0.2, -0.15) is 0 Å². The van der Waals surface area contributed by atoms with Gasteiger partial charge < -0.3 is 19.6 Å². The average molecular weight is 269 g/mol. The molecular formula is C10H7BrNO3-. The number of ether oxygens (including phenoxy) is 1. The molecule has 0 aliphatic heterocycles. The topological polar surface area (TPSA) is 65.2 Å². The van der Waals surface area contributed by atoms with Gasteiger partial charge in [0, 0.05) is 9.86 Å². The summed E-state index contributed by atoms with van der Waals surface area (Å²) in [5, 5.41) is 11.4. The molecule has 5 heteroatoms. The third-order valence-electron chi connectivity index (χ3n) is 2.14. The third kappa shape index (κ3) is 1.59. The Hall–Kier alpha value is -1.49. The van der Waals surface area contributed by atoms with Crippen molar-refractivity contribution in [1.29, 1.82) is 0 Å². The van der Waals surface area contributed by atoms with Gasteiger partial charge in [0.15, 0.2) is 0 Å². The minimum Gasteiger partial charge on any atom is -0.543 e. The highest BCUT2D eigenvalue weighted by Gasteiger charge is 2.09. The zero-order valence-electron chi connectivity index (χ0n) is 7.83. The number of carbonyl (C=O) groups excluding carboxylic acids is 1. The van der Waals surface area contributed by atoms with E-state index in [1.54, 1.807) is 12.1 Å². The lowest BCUT2D eigenvalue weighted by Gasteiger charge is -2.01. The van der Waals surface area contributed by atoms with Crippen molar-refractivity contribution >= 4 is 32.8 Å². The highest BCUT2D eigenvalue weighted by atomic mass is 79.9. The molecule has 0 saturated carbocycles. The molecule has 0 saturated heterocycles. The highest BCUT2D eigenvalue weighted by molar-refractivity contribution is 9.10. The molecule has 2 rings (SSSR count). The lowest BCUT2D eigenvalue weighted by Crippen LogP contribution is -2.22. The number of methoxy groups -OCH3 is 1. The molecule has 78 valence electrons. The lowest BCUT2D eigenvalue weighted by atomic mass is 10.2. The van der Waals surface area contributed by atoms with E-state index in [-0.39, 0.29) is 5.69 Å². The number of rotatable bonds is 2. The van der Waals surface area contributed by atoms with Gasteiger partial charge in [-0.05, 0) is 34.1 Å². The molecule has 0 aliphatic carbocycles. The minimum absolute atomic E-state index is 0.0372. The van der Waals surface area contributed by atoms with Crippen molar-refractivity contribution in [3.8, 4) is 5.75 Å². The van der Waals surface area contributed by atoms with E-state index in [0.717, 1.165) is 4.47 Å². The van der Waals surface area contributed by atoms with Crippen LogP contribution in [-0.4, -0.2) is 18.1 Å². The molecule has 0 amide bonds. The molecule has 0 atom stereocenters. The van der Waals surface area contributed by atoms with Gasteiger partial charge in [-0.15, -0.1) is 0 Å². The molecule has 2 aromatic rings. The summed E-state index contributed by atoms with van der Waals surface area (Å²) >= 11 is 3.32. The van der Waals surface area contributed by atoms with Gasteiger partial charge in [-0.25, -0.2) is 0 Å². The minimum atomic E-state index is -1.24. The molecule has 0 spiro atoms. The van der Waals surface area contributed by atoms with Crippen LogP contribution in [0.3, 0.4) is 0 Å². The quantitative estimate of drug-likeness (QED) is 0.893. The number of aromatic amines is 1. The molecule has 1 aromatic heterocycles. The van der Waals surface area contributed by atoms with Crippen molar-refractivity contribution < 1.29 is 14.6 Å². The van der Waals surface area contributed by atoms with Crippen LogP contribution in [-0.2, 0) is 0 Å². The van der Waals surface area contributed by atoms with Crippen molar-refractivity contribution in [1.82, 2.24) is 4.98 Å². The number of carboxylic acids is 1. The zero-order chi connectivity index (χ0) is 11.0. The summed E-state index contributed by atoms with van der Waals surface area (Å²) in [6, 6.07) is 5.05. The number of carboxylic acid groups (broad SMARTS) is 1. The molecule has 0 unspecified atom stereocenters. The van der Waals surface area contributed by atoms with Gasteiger partial charge in [0.2, 0.25) is 0 Å². The van der Waals surface area contributed by atoms with Gasteiger partial charge in [-0.1, -0.05) is 0 Å². The second kappa shape index (κ2) is 3.58. The molecule has 0 radical (unpaired) electrons. The number of fused-ring (bicyclic) bond motifs is 1. The van der Waals surface area contributed by atoms with Crippen LogP contribution in [0.15, 0.2) is 22.7 Å². The third-order valence-corrected chi connectivity index (χ3v) is 2.80. The van der Waals surface area contributed by atoms with Crippen LogP contribution in [0.1, 0.15) is 10.5 Å². The number of hydrogen-bond donors (Lipinski definition) is 1. The van der Waals surface area contributed by atoms with Crippen LogP contribution < -0.4 is 9.84 Å². The van der Waals surface area contributed by atoms with E-state index in [2.05, 4.69) is 20.9 Å². The van der Waals surface area contributed by atoms with E-state index in [1.807, 2.05) is 0 Å². The fourth-order valence-corrected chi connectivity index (χ4v) is 1.89. The number of halogens is 1. The van der Waals surface area contributed by atoms with E-state index in [9.17, 15) is 9.90 Å². The molecule has 15 heavy (non-hydrogen) atoms. The largest absolute Gasteiger partial charge is 0.543 e. The second-order valence-electron chi connectivity index (χ2n) is 3.01. The lowest BCUT2D eigenvalue weighted by molar-refractivity contribution is -0.255. The summed E-state index contributed by atoms with van der Waals surface area (Å²) in [7, 11) is 1.54. The number of aromatic carboxylic acids is 1. The number of carbonyl (C=O) groups is 1. The highest BCUT2D eigenvalue weighted by Crippen LogP contribution is 2.31. The first-order valence-electron chi connectivity index (χ1n) is 4.20. The van der Waals surface area contributed by atoms with Crippen molar-refractivity contribution in [2.45, 2.75) is 0 Å². The normalized spacial score (nSPS) is 10.5. The summed E-state index contributed by atoms with van der Waals surface area (Å²) in [6.45, 7) is 0. The van der Waals surface area contributed by atoms with Gasteiger partial charge in [-0.3, -0.25) is 0 Å². The molecular weight excluding hydrogens is 262 g/mol. The first-order chi connectivity index (χ1) is 7.13. The number of benzene rings is 1. The summed E-state index contributed by atoms with van der Waals surface area (Å²) in [5.74, 6) is -0.614. The van der Waals surface area contributed by atoms with E-state index >= 15 is 0 Å². The maximum Gasteiger partial charge on any atom is 0.128 e. The fourth-order valence-electron chi connectivity index (χ4n) is 1.45. The fraction of sp³-hybridized carbons (Fsp3) is 0.100. The van der Waals surface area contributed by atoms with Crippen molar-refractivity contribution in [3.05, 3.63) is 28.4 Å². The second-order valence-corrected chi connectivity index (χ2v) is 3.86. The Bertz CT molecular complexity index is 533. The molecule has 0 fully saturated rings. The van der Waals surface area contributed by atoms with Crippen LogP contribution in [0.5, 0.6) is 5.75 Å². The SMILES string of the molecule is COc1ccc(Br)c2[nH]c(C(=O)[O-])cc12. The van der Waals surface area contributed by atoms with Gasteiger partial charge in [0.05, 0.1) is 24.3 Å². The van der Waals surface area contributed by atoms with Crippen LogP contribution in [0, 0.1) is 0 Å². The predicted octanol–water partition coefficient (Wildman–Crippen LogP) is 1.30. The van der Waals surface area contributed by atoms with E-state index < -0.39 is 5.97 Å². The first kappa shape index (κ1) is 10.0. The van der Waals surface area contributed by atoms with Crippen LogP contribution in [0.2, 0.25) is 0 Å². The predicted molar refractivity (Wildman–Crippen MR) is 56.9 cm³/mol. The van der Waals surface area contributed by atoms with E-state index in [1.165, 1.54) is 13.2 Å². The molecule has 1 N–H and O–H groups in total. The zero-order valence-corrected chi connectivity index (χ0v) is 9.42. The Labute approximate surface area is 94.0 Å². The first-order valence-corrected chi connectivity index (χ1v) is 4.99. The Kier molecular flexibility index (Phi) is 2.40. The smallest absolute Gasteiger partial charge is 0.128 e. The maximum atomic E-state index is 10.7. The number of H-pyrrole nitrogens is 1. The summed E-state index contributed by atoms with van der Waals surface area (Å²) < 4.78 is 5.90. The maximum absolute atomic E-state index is 10.7.